The summed E-state index contributed by atoms with van der Waals surface area (Å²) < 4.78 is 13.6. The molecule has 0 aliphatic carbocycles. The van der Waals surface area contributed by atoms with Gasteiger partial charge < -0.3 is 19.1 Å². The molecule has 0 radical (unpaired) electrons. The van der Waals surface area contributed by atoms with Crippen molar-refractivity contribution in [3.63, 3.8) is 0 Å². The van der Waals surface area contributed by atoms with Gasteiger partial charge in [-0.15, -0.1) is 0 Å². The van der Waals surface area contributed by atoms with Crippen LogP contribution >= 0.6 is 0 Å². The van der Waals surface area contributed by atoms with Gasteiger partial charge >= 0.3 is 0 Å². The summed E-state index contributed by atoms with van der Waals surface area (Å²) in [5.74, 6) is 1.68. The maximum atomic E-state index is 9.04. The van der Waals surface area contributed by atoms with Crippen molar-refractivity contribution < 1.29 is 14.6 Å². The number of aryl methyl sites for hydroxylation is 2. The van der Waals surface area contributed by atoms with Gasteiger partial charge in [0.15, 0.2) is 11.5 Å². The number of ether oxygens (including phenoxy) is 2. The Hall–Kier alpha value is -1.68. The molecule has 0 spiro atoms. The summed E-state index contributed by atoms with van der Waals surface area (Å²) in [7, 11) is 0. The average Bonchev–Trinajstić information content (AvgIpc) is 2.81. The maximum Gasteiger partial charge on any atom is 0.163 e. The second kappa shape index (κ2) is 5.75. The van der Waals surface area contributed by atoms with E-state index in [9.17, 15) is 0 Å². The Balaban J connectivity index is 2.09. The smallest absolute Gasteiger partial charge is 0.163 e. The van der Waals surface area contributed by atoms with Crippen LogP contribution in [0.15, 0.2) is 18.3 Å². The lowest BCUT2D eigenvalue weighted by molar-refractivity contribution is 0.172. The Bertz CT molecular complexity index is 603. The van der Waals surface area contributed by atoms with Crippen LogP contribution in [-0.2, 0) is 13.0 Å². The van der Waals surface area contributed by atoms with Crippen LogP contribution < -0.4 is 9.47 Å². The topological polar surface area (TPSA) is 43.6 Å². The predicted octanol–water partition coefficient (Wildman–Crippen LogP) is 2.75. The molecule has 1 aliphatic heterocycles. The van der Waals surface area contributed by atoms with E-state index >= 15 is 0 Å². The van der Waals surface area contributed by atoms with Crippen molar-refractivity contribution in [2.45, 2.75) is 32.7 Å². The summed E-state index contributed by atoms with van der Waals surface area (Å²) >= 11 is 0. The number of aromatic nitrogens is 1. The first kappa shape index (κ1) is 13.3. The normalized spacial score (nSPS) is 13.9. The molecule has 1 aromatic carbocycles. The third-order valence-electron chi connectivity index (χ3n) is 3.70. The summed E-state index contributed by atoms with van der Waals surface area (Å²) in [6.07, 6.45) is 5.15. The minimum absolute atomic E-state index is 0.216. The first-order chi connectivity index (χ1) is 9.83. The van der Waals surface area contributed by atoms with E-state index in [1.165, 1.54) is 16.5 Å². The molecule has 1 aromatic heterocycles. The monoisotopic (exact) mass is 275 g/mol. The highest BCUT2D eigenvalue weighted by Crippen LogP contribution is 2.37. The van der Waals surface area contributed by atoms with E-state index in [0.717, 1.165) is 37.3 Å². The van der Waals surface area contributed by atoms with Crippen molar-refractivity contribution in [1.29, 1.82) is 0 Å². The lowest BCUT2D eigenvalue weighted by Crippen LogP contribution is -2.15. The van der Waals surface area contributed by atoms with E-state index in [1.54, 1.807) is 0 Å². The van der Waals surface area contributed by atoms with Gasteiger partial charge in [-0.1, -0.05) is 13.3 Å². The number of benzene rings is 1. The summed E-state index contributed by atoms with van der Waals surface area (Å²) in [6, 6.07) is 4.17. The summed E-state index contributed by atoms with van der Waals surface area (Å²) in [4.78, 5) is 0. The second-order valence-corrected chi connectivity index (χ2v) is 5.19. The number of hydrogen-bond donors (Lipinski definition) is 1. The fourth-order valence-electron chi connectivity index (χ4n) is 2.79. The number of rotatable bonds is 5. The van der Waals surface area contributed by atoms with Gasteiger partial charge in [0.2, 0.25) is 0 Å². The van der Waals surface area contributed by atoms with Crippen molar-refractivity contribution in [2.75, 3.05) is 19.8 Å². The minimum atomic E-state index is 0.216. The molecule has 1 aliphatic rings. The predicted molar refractivity (Wildman–Crippen MR) is 78.6 cm³/mol. The first-order valence-electron chi connectivity index (χ1n) is 7.35. The van der Waals surface area contributed by atoms with E-state index < -0.39 is 0 Å². The molecule has 2 aromatic rings. The molecule has 0 amide bonds. The van der Waals surface area contributed by atoms with E-state index in [1.807, 2.05) is 0 Å². The Morgan fingerprint density at radius 2 is 1.95 bits per heavy atom. The molecule has 0 atom stereocenters. The van der Waals surface area contributed by atoms with Crippen molar-refractivity contribution in [3.8, 4) is 11.5 Å². The lowest BCUT2D eigenvalue weighted by atomic mass is 10.1. The molecule has 20 heavy (non-hydrogen) atoms. The van der Waals surface area contributed by atoms with Gasteiger partial charge in [0.05, 0.1) is 5.52 Å². The molecule has 3 rings (SSSR count). The lowest BCUT2D eigenvalue weighted by Gasteiger charge is -2.18. The third kappa shape index (κ3) is 2.36. The Labute approximate surface area is 118 Å². The van der Waals surface area contributed by atoms with Crippen LogP contribution in [0.4, 0.5) is 0 Å². The van der Waals surface area contributed by atoms with Crippen LogP contribution in [0, 0.1) is 0 Å². The molecule has 0 bridgehead atoms. The van der Waals surface area contributed by atoms with Gasteiger partial charge in [0.25, 0.3) is 0 Å². The highest BCUT2D eigenvalue weighted by Gasteiger charge is 2.16. The molecule has 0 saturated heterocycles. The van der Waals surface area contributed by atoms with Crippen LogP contribution in [0.2, 0.25) is 0 Å². The van der Waals surface area contributed by atoms with Crippen molar-refractivity contribution in [3.05, 3.63) is 23.9 Å². The molecular formula is C16H21NO3. The highest BCUT2D eigenvalue weighted by molar-refractivity contribution is 5.87. The summed E-state index contributed by atoms with van der Waals surface area (Å²) in [5.41, 5.74) is 2.52. The van der Waals surface area contributed by atoms with Gasteiger partial charge in [0, 0.05) is 30.8 Å². The zero-order chi connectivity index (χ0) is 13.9. The maximum absolute atomic E-state index is 9.04. The van der Waals surface area contributed by atoms with Gasteiger partial charge in [-0.3, -0.25) is 0 Å². The van der Waals surface area contributed by atoms with Gasteiger partial charge in [-0.05, 0) is 24.5 Å². The number of aliphatic hydroxyl groups excluding tert-OH is 1. The van der Waals surface area contributed by atoms with Crippen LogP contribution in [0.1, 0.15) is 25.3 Å². The minimum Gasteiger partial charge on any atom is -0.486 e. The van der Waals surface area contributed by atoms with Gasteiger partial charge in [0.1, 0.15) is 13.2 Å². The highest BCUT2D eigenvalue weighted by atomic mass is 16.6. The van der Waals surface area contributed by atoms with Crippen LogP contribution in [0.3, 0.4) is 0 Å². The zero-order valence-corrected chi connectivity index (χ0v) is 11.9. The van der Waals surface area contributed by atoms with E-state index in [4.69, 9.17) is 14.6 Å². The first-order valence-corrected chi connectivity index (χ1v) is 7.35. The Morgan fingerprint density at radius 3 is 2.65 bits per heavy atom. The largest absolute Gasteiger partial charge is 0.486 e. The van der Waals surface area contributed by atoms with Crippen molar-refractivity contribution in [2.24, 2.45) is 0 Å². The van der Waals surface area contributed by atoms with Gasteiger partial charge in [-0.25, -0.2) is 0 Å². The molecule has 4 nitrogen and oxygen atoms in total. The van der Waals surface area contributed by atoms with E-state index in [2.05, 4.69) is 29.8 Å². The average molecular weight is 275 g/mol. The molecule has 4 heteroatoms. The van der Waals surface area contributed by atoms with Crippen molar-refractivity contribution >= 4 is 10.9 Å². The fourth-order valence-corrected chi connectivity index (χ4v) is 2.79. The Kier molecular flexibility index (Phi) is 3.83. The fraction of sp³-hybridized carbons (Fsp3) is 0.500. The number of hydrogen-bond acceptors (Lipinski definition) is 3. The zero-order valence-electron chi connectivity index (χ0n) is 11.9. The second-order valence-electron chi connectivity index (χ2n) is 5.19. The van der Waals surface area contributed by atoms with E-state index in [0.29, 0.717) is 13.2 Å². The molecule has 2 heterocycles. The molecule has 0 fully saturated rings. The van der Waals surface area contributed by atoms with Crippen LogP contribution in [-0.4, -0.2) is 29.5 Å². The number of nitrogens with zero attached hydrogens (tertiary/aromatic N) is 1. The number of fused-ring (bicyclic) bond motifs is 2. The standard InChI is InChI=1S/C16H21NO3/c1-2-4-12-11-17(5-3-6-18)14-10-16-15(9-13(12)14)19-7-8-20-16/h9-11,18H,2-8H2,1H3. The summed E-state index contributed by atoms with van der Waals surface area (Å²) in [5, 5.41) is 10.3. The third-order valence-corrected chi connectivity index (χ3v) is 3.70. The Morgan fingerprint density at radius 1 is 1.20 bits per heavy atom. The molecular weight excluding hydrogens is 254 g/mol. The molecule has 1 N–H and O–H groups in total. The molecule has 0 saturated carbocycles. The number of aliphatic hydroxyl groups is 1. The molecule has 108 valence electrons. The summed E-state index contributed by atoms with van der Waals surface area (Å²) in [6.45, 7) is 4.46. The van der Waals surface area contributed by atoms with Crippen LogP contribution in [0.25, 0.3) is 10.9 Å². The SMILES string of the molecule is CCCc1cn(CCCO)c2cc3c(cc12)OCCO3. The van der Waals surface area contributed by atoms with Crippen molar-refractivity contribution in [1.82, 2.24) is 4.57 Å². The van der Waals surface area contributed by atoms with Gasteiger partial charge in [-0.2, -0.15) is 0 Å². The van der Waals surface area contributed by atoms with Crippen LogP contribution in [0.5, 0.6) is 11.5 Å². The van der Waals surface area contributed by atoms with E-state index in [-0.39, 0.29) is 6.61 Å². The quantitative estimate of drug-likeness (QED) is 0.912. The molecule has 0 unspecified atom stereocenters.